The number of carbonyl (C=O) groups is 3. The second kappa shape index (κ2) is 7.89. The monoisotopic (exact) mass is 405 g/mol. The molecule has 2 aliphatic rings. The van der Waals surface area contributed by atoms with Gasteiger partial charge in [0.05, 0.1) is 0 Å². The zero-order chi connectivity index (χ0) is 20.4. The first-order valence-electron chi connectivity index (χ1n) is 9.70. The fourth-order valence-electron chi connectivity index (χ4n) is 3.15. The van der Waals surface area contributed by atoms with E-state index >= 15 is 0 Å². The number of nitrogens with zero attached hydrogens (tertiary/aromatic N) is 1. The number of amides is 1. The van der Waals surface area contributed by atoms with E-state index in [2.05, 4.69) is 10.2 Å². The van der Waals surface area contributed by atoms with Crippen molar-refractivity contribution in [2.45, 2.75) is 66.5 Å². The van der Waals surface area contributed by atoms with Gasteiger partial charge in [-0.15, -0.1) is 0 Å². The van der Waals surface area contributed by atoms with Gasteiger partial charge < -0.3 is 0 Å². The van der Waals surface area contributed by atoms with Crippen LogP contribution in [0.5, 0.6) is 0 Å². The molecule has 0 aromatic heterocycles. The summed E-state index contributed by atoms with van der Waals surface area (Å²) < 4.78 is 16.9. The van der Waals surface area contributed by atoms with E-state index in [4.69, 9.17) is 13.6 Å². The fraction of sp³-hybridized carbons (Fsp3) is 0.824. The van der Waals surface area contributed by atoms with Crippen molar-refractivity contribution in [3.8, 4) is 0 Å². The van der Waals surface area contributed by atoms with Crippen molar-refractivity contribution in [2.24, 2.45) is 11.8 Å². The molecule has 0 saturated carbocycles. The van der Waals surface area contributed by atoms with Crippen molar-refractivity contribution >= 4 is 25.6 Å². The summed E-state index contributed by atoms with van der Waals surface area (Å²) in [5, 5.41) is 5.98. The van der Waals surface area contributed by atoms with E-state index in [0.29, 0.717) is 25.9 Å². The Balaban J connectivity index is 2.43. The van der Waals surface area contributed by atoms with E-state index in [-0.39, 0.29) is 11.8 Å². The predicted octanol–water partition coefficient (Wildman–Crippen LogP) is 2.72. The molecule has 9 nitrogen and oxygen atoms in total. The molecular weight excluding hydrogens is 373 g/mol. The molecule has 0 bridgehead atoms. The second-order valence-corrected chi connectivity index (χ2v) is 10.0. The van der Waals surface area contributed by atoms with Crippen LogP contribution in [0.4, 0.5) is 4.79 Å². The molecule has 2 heterocycles. The van der Waals surface area contributed by atoms with Gasteiger partial charge in [0.1, 0.15) is 0 Å². The van der Waals surface area contributed by atoms with Crippen molar-refractivity contribution in [2.75, 3.05) is 13.1 Å². The van der Waals surface area contributed by atoms with Gasteiger partial charge in [-0.3, -0.25) is 0 Å². The Morgan fingerprint density at radius 1 is 1.00 bits per heavy atom. The van der Waals surface area contributed by atoms with E-state index in [1.165, 1.54) is 4.90 Å². The van der Waals surface area contributed by atoms with Crippen LogP contribution in [0.25, 0.3) is 0 Å². The Kier molecular flexibility index (Phi) is 6.39. The molecule has 1 spiro atoms. The summed E-state index contributed by atoms with van der Waals surface area (Å²) in [6, 6.07) is -1.46. The second-order valence-electron chi connectivity index (χ2n) is 7.22. The quantitative estimate of drug-likeness (QED) is 0.623. The molecule has 10 heteroatoms. The number of hydrogen-bond donors (Lipinski definition) is 2. The van der Waals surface area contributed by atoms with Crippen LogP contribution in [-0.4, -0.2) is 48.1 Å². The molecule has 0 aliphatic carbocycles. The normalized spacial score (nSPS) is 29.3. The van der Waals surface area contributed by atoms with Crippen molar-refractivity contribution in [3.05, 3.63) is 0 Å². The van der Waals surface area contributed by atoms with Gasteiger partial charge in [-0.2, -0.15) is 0 Å². The minimum absolute atomic E-state index is 0.0886. The molecule has 0 aromatic rings. The average molecular weight is 405 g/mol. The summed E-state index contributed by atoms with van der Waals surface area (Å²) in [5.41, 5.74) is 0. The first kappa shape index (κ1) is 21.9. The maximum atomic E-state index is 12.7. The number of nitrogens with one attached hydrogen (secondary N) is 2. The maximum absolute atomic E-state index is 12.7. The third-order valence-corrected chi connectivity index (χ3v) is 8.39. The third-order valence-electron chi connectivity index (χ3n) is 5.43. The average Bonchev–Trinajstić information content (AvgIpc) is 3.08. The molecule has 2 rings (SSSR count). The van der Waals surface area contributed by atoms with Crippen LogP contribution >= 0.6 is 7.59 Å². The Morgan fingerprint density at radius 2 is 1.41 bits per heavy atom. The molecule has 1 amide bonds. The zero-order valence-corrected chi connectivity index (χ0v) is 17.9. The Morgan fingerprint density at radius 3 is 1.74 bits per heavy atom. The van der Waals surface area contributed by atoms with Crippen LogP contribution in [0, 0.1) is 11.8 Å². The Bertz CT molecular complexity index is 573. The van der Waals surface area contributed by atoms with Gasteiger partial charge >= 0.3 is 160 Å². The van der Waals surface area contributed by atoms with Crippen LogP contribution in [0.2, 0.25) is 0 Å². The molecule has 0 radical (unpaired) electrons. The number of rotatable bonds is 7. The van der Waals surface area contributed by atoms with Crippen molar-refractivity contribution < 1.29 is 28.0 Å². The molecule has 4 atom stereocenters. The molecular formula is C17H32N3O6P. The summed E-state index contributed by atoms with van der Waals surface area (Å²) in [4.78, 5) is 39.3. The van der Waals surface area contributed by atoms with Crippen LogP contribution in [0.1, 0.15) is 54.4 Å². The van der Waals surface area contributed by atoms with Gasteiger partial charge in [0.25, 0.3) is 0 Å². The molecule has 2 aliphatic heterocycles. The molecule has 2 saturated heterocycles. The van der Waals surface area contributed by atoms with E-state index in [1.54, 1.807) is 0 Å². The zero-order valence-electron chi connectivity index (χ0n) is 17.0. The van der Waals surface area contributed by atoms with Crippen LogP contribution < -0.4 is 10.2 Å². The predicted molar refractivity (Wildman–Crippen MR) is 101 cm³/mol. The Labute approximate surface area is 160 Å². The molecule has 2 N–H and O–H groups in total. The van der Waals surface area contributed by atoms with E-state index in [0.717, 1.165) is 0 Å². The van der Waals surface area contributed by atoms with Crippen LogP contribution in [-0.2, 0) is 23.2 Å². The van der Waals surface area contributed by atoms with Gasteiger partial charge in [0.2, 0.25) is 0 Å². The SMILES string of the molecule is CC[C@H](C)[C@@H]1NP2(OC(=O)N(CC)CC)(N[C@@H]([C@@H](C)CC)C(=O)O2)OC1=O. The van der Waals surface area contributed by atoms with E-state index in [9.17, 15) is 14.4 Å². The van der Waals surface area contributed by atoms with Gasteiger partial charge in [-0.05, 0) is 0 Å². The van der Waals surface area contributed by atoms with Gasteiger partial charge in [0, 0.05) is 0 Å². The van der Waals surface area contributed by atoms with Gasteiger partial charge in [-0.1, -0.05) is 0 Å². The number of carbonyl (C=O) groups excluding carboxylic acids is 3. The van der Waals surface area contributed by atoms with E-state index in [1.807, 2.05) is 41.5 Å². The van der Waals surface area contributed by atoms with Crippen LogP contribution in [0.3, 0.4) is 0 Å². The van der Waals surface area contributed by atoms with Crippen LogP contribution in [0.15, 0.2) is 0 Å². The fourth-order valence-corrected chi connectivity index (χ4v) is 6.61. The van der Waals surface area contributed by atoms with Crippen molar-refractivity contribution in [3.63, 3.8) is 0 Å². The summed E-state index contributed by atoms with van der Waals surface area (Å²) in [6.07, 6.45) is 0.700. The molecule has 156 valence electrons. The third kappa shape index (κ3) is 3.91. The van der Waals surface area contributed by atoms with Gasteiger partial charge in [-0.25, -0.2) is 0 Å². The summed E-state index contributed by atoms with van der Waals surface area (Å²) in [7, 11) is -4.68. The summed E-state index contributed by atoms with van der Waals surface area (Å²) in [6.45, 7) is 12.1. The standard InChI is InChI=1S/C17H32N3O6P/c1-7-11(5)13-15(21)24-27(18-13,26-17(23)20(9-3)10-4)19-14(12(6)8-2)16(22)25-27/h11-14,18-19H,7-10H2,1-6H3/t11-,12-,13-,14-/m0/s1. The molecule has 27 heavy (non-hydrogen) atoms. The minimum atomic E-state index is -4.68. The van der Waals surface area contributed by atoms with Gasteiger partial charge in [0.15, 0.2) is 0 Å². The molecule has 0 aromatic carbocycles. The van der Waals surface area contributed by atoms with Crippen molar-refractivity contribution in [1.29, 1.82) is 0 Å². The summed E-state index contributed by atoms with van der Waals surface area (Å²) >= 11 is 0. The number of hydrogen-bond acceptors (Lipinski definition) is 8. The first-order chi connectivity index (χ1) is 12.6. The molecule has 2 fully saturated rings. The van der Waals surface area contributed by atoms with E-state index < -0.39 is 37.7 Å². The Hall–Kier alpha value is -1.44. The summed E-state index contributed by atoms with van der Waals surface area (Å²) in [5.74, 6) is -1.34. The topological polar surface area (TPSA) is 106 Å². The molecule has 0 unspecified atom stereocenters. The first-order valence-corrected chi connectivity index (χ1v) is 11.7. The van der Waals surface area contributed by atoms with Crippen molar-refractivity contribution in [1.82, 2.24) is 15.1 Å².